The summed E-state index contributed by atoms with van der Waals surface area (Å²) in [4.78, 5) is 15.8. The van der Waals surface area contributed by atoms with Gasteiger partial charge in [-0.1, -0.05) is 6.07 Å². The Kier molecular flexibility index (Phi) is 3.54. The molecule has 1 aromatic heterocycles. The van der Waals surface area contributed by atoms with Gasteiger partial charge in [-0.3, -0.25) is 0 Å². The van der Waals surface area contributed by atoms with E-state index in [1.807, 2.05) is 31.6 Å². The molecule has 104 valence electrons. The average Bonchev–Trinajstić information content (AvgIpc) is 3.07. The summed E-state index contributed by atoms with van der Waals surface area (Å²) in [5.41, 5.74) is 3.29. The lowest BCUT2D eigenvalue weighted by atomic mass is 10.1. The number of rotatable bonds is 4. The van der Waals surface area contributed by atoms with Crippen molar-refractivity contribution in [2.75, 3.05) is 6.61 Å². The maximum absolute atomic E-state index is 11.7. The van der Waals surface area contributed by atoms with E-state index in [-0.39, 0.29) is 5.97 Å². The van der Waals surface area contributed by atoms with Crippen LogP contribution < -0.4 is 0 Å². The zero-order valence-electron chi connectivity index (χ0n) is 11.6. The Hall–Kier alpha value is -2.10. The fraction of sp³-hybridized carbons (Fsp3) is 0.375. The smallest absolute Gasteiger partial charge is 0.338 e. The van der Waals surface area contributed by atoms with Crippen LogP contribution in [0.15, 0.2) is 36.9 Å². The molecule has 0 radical (unpaired) electrons. The molecule has 20 heavy (non-hydrogen) atoms. The Morgan fingerprint density at radius 2 is 2.25 bits per heavy atom. The third kappa shape index (κ3) is 2.59. The fourth-order valence-electron chi connectivity index (χ4n) is 2.87. The van der Waals surface area contributed by atoms with Crippen LogP contribution in [0.2, 0.25) is 0 Å². The molecule has 4 heteroatoms. The molecule has 2 aromatic rings. The lowest BCUT2D eigenvalue weighted by Crippen LogP contribution is -2.09. The summed E-state index contributed by atoms with van der Waals surface area (Å²) >= 11 is 0. The molecule has 0 spiro atoms. The van der Waals surface area contributed by atoms with Crippen LogP contribution in [0.5, 0.6) is 0 Å². The molecule has 0 N–H and O–H groups in total. The van der Waals surface area contributed by atoms with Crippen molar-refractivity contribution in [3.63, 3.8) is 0 Å². The maximum atomic E-state index is 11.7. The second-order valence-electron chi connectivity index (χ2n) is 5.24. The summed E-state index contributed by atoms with van der Waals surface area (Å²) in [6.07, 6.45) is 7.73. The van der Waals surface area contributed by atoms with Gasteiger partial charge in [0.1, 0.15) is 0 Å². The van der Waals surface area contributed by atoms with Crippen molar-refractivity contribution >= 4 is 5.97 Å². The van der Waals surface area contributed by atoms with Crippen molar-refractivity contribution < 1.29 is 9.53 Å². The molecular weight excluding hydrogens is 252 g/mol. The molecule has 1 heterocycles. The summed E-state index contributed by atoms with van der Waals surface area (Å²) in [6.45, 7) is 3.22. The Morgan fingerprint density at radius 1 is 1.40 bits per heavy atom. The van der Waals surface area contributed by atoms with Crippen molar-refractivity contribution in [3.8, 4) is 0 Å². The van der Waals surface area contributed by atoms with Crippen LogP contribution in [0.3, 0.4) is 0 Å². The number of esters is 1. The van der Waals surface area contributed by atoms with E-state index in [1.165, 1.54) is 11.1 Å². The largest absolute Gasteiger partial charge is 0.462 e. The third-order valence-corrected chi connectivity index (χ3v) is 3.76. The van der Waals surface area contributed by atoms with E-state index in [2.05, 4.69) is 15.6 Å². The van der Waals surface area contributed by atoms with Gasteiger partial charge in [-0.2, -0.15) is 0 Å². The molecule has 0 aliphatic heterocycles. The van der Waals surface area contributed by atoms with Gasteiger partial charge in [0, 0.05) is 18.9 Å². The zero-order chi connectivity index (χ0) is 13.9. The van der Waals surface area contributed by atoms with Crippen molar-refractivity contribution in [1.82, 2.24) is 9.55 Å². The molecule has 0 saturated heterocycles. The number of aromatic nitrogens is 2. The second-order valence-corrected chi connectivity index (χ2v) is 5.24. The van der Waals surface area contributed by atoms with Gasteiger partial charge in [0.2, 0.25) is 0 Å². The zero-order valence-corrected chi connectivity index (χ0v) is 11.6. The minimum Gasteiger partial charge on any atom is -0.462 e. The summed E-state index contributed by atoms with van der Waals surface area (Å²) in [7, 11) is 0. The summed E-state index contributed by atoms with van der Waals surface area (Å²) in [6, 6.07) is 5.92. The number of carbonyl (C=O) groups is 1. The molecule has 1 unspecified atom stereocenters. The highest BCUT2D eigenvalue weighted by atomic mass is 16.5. The van der Waals surface area contributed by atoms with Crippen molar-refractivity contribution in [3.05, 3.63) is 53.6 Å². The summed E-state index contributed by atoms with van der Waals surface area (Å²) < 4.78 is 7.16. The molecule has 0 fully saturated rings. The Morgan fingerprint density at radius 3 is 3.00 bits per heavy atom. The van der Waals surface area contributed by atoms with Crippen LogP contribution in [-0.2, 0) is 24.1 Å². The fourth-order valence-corrected chi connectivity index (χ4v) is 2.87. The Labute approximate surface area is 118 Å². The van der Waals surface area contributed by atoms with E-state index in [1.54, 1.807) is 6.20 Å². The van der Waals surface area contributed by atoms with Gasteiger partial charge in [-0.15, -0.1) is 0 Å². The molecule has 3 rings (SSSR count). The Bertz CT molecular complexity index is 605. The first kappa shape index (κ1) is 12.9. The molecule has 1 atom stereocenters. The number of carbonyl (C=O) groups excluding carboxylic acids is 1. The van der Waals surface area contributed by atoms with E-state index in [0.717, 1.165) is 19.4 Å². The molecule has 0 amide bonds. The lowest BCUT2D eigenvalue weighted by Gasteiger charge is -2.08. The van der Waals surface area contributed by atoms with Crippen molar-refractivity contribution in [2.45, 2.75) is 26.3 Å². The lowest BCUT2D eigenvalue weighted by molar-refractivity contribution is 0.0526. The minimum atomic E-state index is -0.228. The molecule has 1 aliphatic carbocycles. The Balaban J connectivity index is 1.71. The molecule has 0 saturated carbocycles. The average molecular weight is 270 g/mol. The number of ether oxygens (including phenoxy) is 1. The molecule has 1 aliphatic rings. The van der Waals surface area contributed by atoms with Gasteiger partial charge in [0.25, 0.3) is 0 Å². The number of nitrogens with zero attached hydrogens (tertiary/aromatic N) is 2. The van der Waals surface area contributed by atoms with E-state index in [9.17, 15) is 4.79 Å². The van der Waals surface area contributed by atoms with E-state index in [4.69, 9.17) is 4.74 Å². The van der Waals surface area contributed by atoms with Gasteiger partial charge in [-0.25, -0.2) is 9.78 Å². The maximum Gasteiger partial charge on any atom is 0.338 e. The highest BCUT2D eigenvalue weighted by Crippen LogP contribution is 2.28. The standard InChI is InChI=1S/C16H18N2O2/c1-2-20-16(19)14-4-3-13-7-12(8-15(13)9-14)10-18-6-5-17-11-18/h3-6,9,11-12H,2,7-8,10H2,1H3. The molecule has 1 aromatic carbocycles. The SMILES string of the molecule is CCOC(=O)c1ccc2c(c1)CC(Cn1ccnc1)C2. The predicted molar refractivity (Wildman–Crippen MR) is 75.5 cm³/mol. The minimum absolute atomic E-state index is 0.228. The first-order valence-electron chi connectivity index (χ1n) is 7.01. The normalized spacial score (nSPS) is 16.9. The number of fused-ring (bicyclic) bond motifs is 1. The highest BCUT2D eigenvalue weighted by molar-refractivity contribution is 5.89. The van der Waals surface area contributed by atoms with Crippen LogP contribution in [-0.4, -0.2) is 22.1 Å². The van der Waals surface area contributed by atoms with Crippen LogP contribution in [0, 0.1) is 5.92 Å². The van der Waals surface area contributed by atoms with Gasteiger partial charge in [0.15, 0.2) is 0 Å². The number of benzene rings is 1. The number of imidazole rings is 1. The van der Waals surface area contributed by atoms with Gasteiger partial charge in [-0.05, 0) is 48.9 Å². The van der Waals surface area contributed by atoms with E-state index in [0.29, 0.717) is 18.1 Å². The van der Waals surface area contributed by atoms with Gasteiger partial charge < -0.3 is 9.30 Å². The number of hydrogen-bond acceptors (Lipinski definition) is 3. The molecule has 0 bridgehead atoms. The van der Waals surface area contributed by atoms with E-state index < -0.39 is 0 Å². The van der Waals surface area contributed by atoms with Crippen molar-refractivity contribution in [1.29, 1.82) is 0 Å². The summed E-state index contributed by atoms with van der Waals surface area (Å²) in [5, 5.41) is 0. The van der Waals surface area contributed by atoms with Crippen molar-refractivity contribution in [2.24, 2.45) is 5.92 Å². The first-order chi connectivity index (χ1) is 9.76. The van der Waals surface area contributed by atoms with Gasteiger partial charge >= 0.3 is 5.97 Å². The second kappa shape index (κ2) is 5.49. The van der Waals surface area contributed by atoms with Crippen LogP contribution in [0.25, 0.3) is 0 Å². The first-order valence-corrected chi connectivity index (χ1v) is 7.01. The quantitative estimate of drug-likeness (QED) is 0.802. The van der Waals surface area contributed by atoms with Crippen LogP contribution >= 0.6 is 0 Å². The topological polar surface area (TPSA) is 44.1 Å². The van der Waals surface area contributed by atoms with Crippen LogP contribution in [0.4, 0.5) is 0 Å². The highest BCUT2D eigenvalue weighted by Gasteiger charge is 2.23. The monoisotopic (exact) mass is 270 g/mol. The molecule has 4 nitrogen and oxygen atoms in total. The summed E-state index contributed by atoms with van der Waals surface area (Å²) in [5.74, 6) is 0.352. The third-order valence-electron chi connectivity index (χ3n) is 3.76. The molecular formula is C16H18N2O2. The predicted octanol–water partition coefficient (Wildman–Crippen LogP) is 2.47. The van der Waals surface area contributed by atoms with Crippen LogP contribution in [0.1, 0.15) is 28.4 Å². The van der Waals surface area contributed by atoms with E-state index >= 15 is 0 Å². The number of hydrogen-bond donors (Lipinski definition) is 0. The van der Waals surface area contributed by atoms with Gasteiger partial charge in [0.05, 0.1) is 18.5 Å².